The predicted octanol–water partition coefficient (Wildman–Crippen LogP) is 7.46. The number of aliphatic hydroxyl groups is 1. The Hall–Kier alpha value is -3.48. The molecular formula is C26H21F10NO2. The number of alkyl halides is 10. The zero-order valence-electron chi connectivity index (χ0n) is 19.8. The molecule has 0 bridgehead atoms. The summed E-state index contributed by atoms with van der Waals surface area (Å²) >= 11 is 0. The Balaban J connectivity index is 1.90. The molecule has 0 saturated heterocycles. The molecule has 0 radical (unpaired) electrons. The first-order valence-electron chi connectivity index (χ1n) is 11.2. The highest BCUT2D eigenvalue weighted by Gasteiger charge is 2.44. The second-order valence-corrected chi connectivity index (χ2v) is 8.59. The topological polar surface area (TPSA) is 32.7 Å². The van der Waals surface area contributed by atoms with Crippen LogP contribution >= 0.6 is 0 Å². The summed E-state index contributed by atoms with van der Waals surface area (Å²) in [6.07, 6.45) is -21.3. The van der Waals surface area contributed by atoms with Crippen molar-refractivity contribution in [3.8, 4) is 5.75 Å². The first kappa shape index (κ1) is 30.1. The molecule has 1 atom stereocenters. The van der Waals surface area contributed by atoms with Gasteiger partial charge in [-0.3, -0.25) is 0 Å². The SMILES string of the molecule is OC(CN(Cc1cccc(OC(F)(F)C(F)F)c1)c1cccc(Cc2cccc(C(F)(F)F)c2)c1)C(F)(F)F. The first-order chi connectivity index (χ1) is 18.0. The molecule has 3 rings (SSSR count). The van der Waals surface area contributed by atoms with E-state index in [9.17, 15) is 49.0 Å². The number of rotatable bonds is 10. The van der Waals surface area contributed by atoms with E-state index < -0.39 is 55.4 Å². The quantitative estimate of drug-likeness (QED) is 0.257. The summed E-state index contributed by atoms with van der Waals surface area (Å²) in [5.74, 6) is -0.660. The highest BCUT2D eigenvalue weighted by molar-refractivity contribution is 5.50. The van der Waals surface area contributed by atoms with Crippen molar-refractivity contribution in [3.63, 3.8) is 0 Å². The van der Waals surface area contributed by atoms with Crippen LogP contribution in [-0.4, -0.2) is 36.5 Å². The fraction of sp³-hybridized carbons (Fsp3) is 0.308. The molecule has 0 heterocycles. The van der Waals surface area contributed by atoms with Crippen molar-refractivity contribution in [1.29, 1.82) is 0 Å². The van der Waals surface area contributed by atoms with Gasteiger partial charge in [-0.2, -0.15) is 43.9 Å². The summed E-state index contributed by atoms with van der Waals surface area (Å²) in [4.78, 5) is 1.07. The third-order valence-corrected chi connectivity index (χ3v) is 5.49. The van der Waals surface area contributed by atoms with Crippen LogP contribution < -0.4 is 9.64 Å². The monoisotopic (exact) mass is 569 g/mol. The van der Waals surface area contributed by atoms with E-state index in [-0.39, 0.29) is 23.2 Å². The number of ether oxygens (including phenoxy) is 1. The maximum Gasteiger partial charge on any atom is 0.461 e. The lowest BCUT2D eigenvalue weighted by Gasteiger charge is -2.29. The van der Waals surface area contributed by atoms with Crippen molar-refractivity contribution < 1.29 is 53.7 Å². The third kappa shape index (κ3) is 8.50. The van der Waals surface area contributed by atoms with Crippen molar-refractivity contribution >= 4 is 5.69 Å². The highest BCUT2D eigenvalue weighted by Crippen LogP contribution is 2.32. The second-order valence-electron chi connectivity index (χ2n) is 8.59. The van der Waals surface area contributed by atoms with Crippen LogP contribution in [-0.2, 0) is 19.1 Å². The summed E-state index contributed by atoms with van der Waals surface area (Å²) in [5, 5.41) is 9.69. The lowest BCUT2D eigenvalue weighted by Crippen LogP contribution is -2.41. The van der Waals surface area contributed by atoms with Crippen molar-refractivity contribution in [2.75, 3.05) is 11.4 Å². The van der Waals surface area contributed by atoms with Crippen LogP contribution in [0, 0.1) is 0 Å². The number of anilines is 1. The molecule has 3 aromatic carbocycles. The number of halogens is 10. The van der Waals surface area contributed by atoms with E-state index in [0.29, 0.717) is 5.56 Å². The molecule has 1 unspecified atom stereocenters. The molecule has 0 aliphatic rings. The Labute approximate surface area is 216 Å². The van der Waals surface area contributed by atoms with Gasteiger partial charge in [0.05, 0.1) is 12.1 Å². The van der Waals surface area contributed by atoms with Crippen LogP contribution in [0.4, 0.5) is 49.6 Å². The molecule has 0 fully saturated rings. The Morgan fingerprint density at radius 2 is 1.33 bits per heavy atom. The van der Waals surface area contributed by atoms with Crippen LogP contribution in [0.3, 0.4) is 0 Å². The van der Waals surface area contributed by atoms with Crippen LogP contribution in [0.25, 0.3) is 0 Å². The summed E-state index contributed by atoms with van der Waals surface area (Å²) in [7, 11) is 0. The molecule has 0 amide bonds. The second kappa shape index (κ2) is 11.7. The maximum atomic E-state index is 13.3. The van der Waals surface area contributed by atoms with Gasteiger partial charge in [0, 0.05) is 12.2 Å². The number of aliphatic hydroxyl groups excluding tert-OH is 1. The zero-order chi connectivity index (χ0) is 29.0. The van der Waals surface area contributed by atoms with Gasteiger partial charge in [-0.1, -0.05) is 42.5 Å². The summed E-state index contributed by atoms with van der Waals surface area (Å²) in [6, 6.07) is 14.7. The van der Waals surface area contributed by atoms with E-state index >= 15 is 0 Å². The average molecular weight is 569 g/mol. The molecule has 3 nitrogen and oxygen atoms in total. The van der Waals surface area contributed by atoms with E-state index in [0.717, 1.165) is 29.2 Å². The van der Waals surface area contributed by atoms with Crippen molar-refractivity contribution in [1.82, 2.24) is 0 Å². The van der Waals surface area contributed by atoms with Gasteiger partial charge in [0.15, 0.2) is 6.10 Å². The molecule has 3 aromatic rings. The zero-order valence-corrected chi connectivity index (χ0v) is 19.8. The molecule has 0 spiro atoms. The van der Waals surface area contributed by atoms with Gasteiger partial charge in [0.2, 0.25) is 0 Å². The molecular weight excluding hydrogens is 548 g/mol. The van der Waals surface area contributed by atoms with Crippen LogP contribution in [0.1, 0.15) is 22.3 Å². The number of benzene rings is 3. The molecule has 0 aliphatic carbocycles. The standard InChI is InChI=1S/C26H21F10NO2/c27-23(28)26(35,36)39-21-9-3-6-18(13-21)14-37(15-22(38)25(32,33)34)20-8-2-5-17(12-20)10-16-4-1-7-19(11-16)24(29,30)31/h1-9,11-13,22-23,38H,10,14-15H2. The van der Waals surface area contributed by atoms with Crippen LogP contribution in [0.2, 0.25) is 0 Å². The first-order valence-corrected chi connectivity index (χ1v) is 11.2. The van der Waals surface area contributed by atoms with Crippen molar-refractivity contribution in [3.05, 3.63) is 95.1 Å². The molecule has 13 heteroatoms. The number of hydrogen-bond acceptors (Lipinski definition) is 3. The highest BCUT2D eigenvalue weighted by atomic mass is 19.4. The molecule has 0 aliphatic heterocycles. The minimum Gasteiger partial charge on any atom is -0.428 e. The van der Waals surface area contributed by atoms with Crippen LogP contribution in [0.5, 0.6) is 5.75 Å². The summed E-state index contributed by atoms with van der Waals surface area (Å²) < 4.78 is 134. The van der Waals surface area contributed by atoms with Gasteiger partial charge in [-0.15, -0.1) is 0 Å². The van der Waals surface area contributed by atoms with Crippen molar-refractivity contribution in [2.45, 2.75) is 44.0 Å². The predicted molar refractivity (Wildman–Crippen MR) is 122 cm³/mol. The third-order valence-electron chi connectivity index (χ3n) is 5.49. The van der Waals surface area contributed by atoms with Gasteiger partial charge in [0.1, 0.15) is 5.75 Å². The minimum atomic E-state index is -5.00. The van der Waals surface area contributed by atoms with Gasteiger partial charge in [-0.05, 0) is 53.4 Å². The van der Waals surface area contributed by atoms with Gasteiger partial charge in [0.25, 0.3) is 0 Å². The fourth-order valence-corrected chi connectivity index (χ4v) is 3.66. The Bertz CT molecular complexity index is 1240. The Morgan fingerprint density at radius 3 is 1.95 bits per heavy atom. The molecule has 39 heavy (non-hydrogen) atoms. The largest absolute Gasteiger partial charge is 0.461 e. The van der Waals surface area contributed by atoms with Gasteiger partial charge in [-0.25, -0.2) is 0 Å². The van der Waals surface area contributed by atoms with Crippen molar-refractivity contribution in [2.24, 2.45) is 0 Å². The fourth-order valence-electron chi connectivity index (χ4n) is 3.66. The summed E-state index contributed by atoms with van der Waals surface area (Å²) in [5.41, 5.74) is 0.0773. The maximum absolute atomic E-state index is 13.3. The molecule has 1 N–H and O–H groups in total. The Kier molecular flexibility index (Phi) is 9.04. The van der Waals surface area contributed by atoms with E-state index in [1.54, 1.807) is 6.07 Å². The normalized spacial score (nSPS) is 13.4. The van der Waals surface area contributed by atoms with Crippen LogP contribution in [0.15, 0.2) is 72.8 Å². The lowest BCUT2D eigenvalue weighted by molar-refractivity contribution is -0.253. The van der Waals surface area contributed by atoms with Gasteiger partial charge >= 0.3 is 24.9 Å². The van der Waals surface area contributed by atoms with E-state index in [4.69, 9.17) is 0 Å². The smallest absolute Gasteiger partial charge is 0.428 e. The number of hydrogen-bond donors (Lipinski definition) is 1. The minimum absolute atomic E-state index is 0.000535. The molecule has 0 aromatic heterocycles. The average Bonchev–Trinajstić information content (AvgIpc) is 2.82. The van der Waals surface area contributed by atoms with Gasteiger partial charge < -0.3 is 14.7 Å². The molecule has 0 saturated carbocycles. The van der Waals surface area contributed by atoms with E-state index in [1.165, 1.54) is 42.5 Å². The number of nitrogens with zero attached hydrogens (tertiary/aromatic N) is 1. The molecule has 212 valence electrons. The summed E-state index contributed by atoms with van der Waals surface area (Å²) in [6.45, 7) is -1.38. The van der Waals surface area contributed by atoms with E-state index in [2.05, 4.69) is 4.74 Å². The van der Waals surface area contributed by atoms with E-state index in [1.807, 2.05) is 0 Å². The Morgan fingerprint density at radius 1 is 0.744 bits per heavy atom. The lowest BCUT2D eigenvalue weighted by atomic mass is 10.0.